The summed E-state index contributed by atoms with van der Waals surface area (Å²) in [5.41, 5.74) is 2.09. The van der Waals surface area contributed by atoms with E-state index in [-0.39, 0.29) is 0 Å². The summed E-state index contributed by atoms with van der Waals surface area (Å²) in [5.74, 6) is 0.00816. The number of nitrogens with one attached hydrogen (secondary N) is 1. The van der Waals surface area contributed by atoms with Crippen LogP contribution in [0.15, 0.2) is 48.7 Å². The van der Waals surface area contributed by atoms with Crippen molar-refractivity contribution in [3.05, 3.63) is 59.8 Å². The Morgan fingerprint density at radius 2 is 1.75 bits per heavy atom. The van der Waals surface area contributed by atoms with Gasteiger partial charge >= 0.3 is 16.1 Å². The maximum Gasteiger partial charge on any atom is 0.348 e. The molecular formula is C24H27NO6S. The molecule has 4 rings (SSSR count). The van der Waals surface area contributed by atoms with E-state index in [1.807, 2.05) is 36.5 Å². The number of rotatable bonds is 9. The van der Waals surface area contributed by atoms with Crippen LogP contribution >= 0.6 is 0 Å². The predicted molar refractivity (Wildman–Crippen MR) is 122 cm³/mol. The third-order valence-corrected chi connectivity index (χ3v) is 6.43. The second kappa shape index (κ2) is 8.86. The highest BCUT2D eigenvalue weighted by atomic mass is 32.2. The van der Waals surface area contributed by atoms with Gasteiger partial charge in [-0.1, -0.05) is 12.1 Å². The van der Waals surface area contributed by atoms with Crippen LogP contribution in [-0.2, 0) is 27.8 Å². The topological polar surface area (TPSA) is 106 Å². The second-order valence-corrected chi connectivity index (χ2v) is 9.99. The molecular weight excluding hydrogens is 430 g/mol. The number of aromatic amines is 1. The van der Waals surface area contributed by atoms with E-state index in [9.17, 15) is 18.3 Å². The van der Waals surface area contributed by atoms with Crippen molar-refractivity contribution in [2.75, 3.05) is 6.26 Å². The van der Waals surface area contributed by atoms with Crippen LogP contribution in [0.4, 0.5) is 0 Å². The molecule has 1 fully saturated rings. The molecule has 1 aliphatic carbocycles. The van der Waals surface area contributed by atoms with Crippen LogP contribution in [0.25, 0.3) is 10.9 Å². The summed E-state index contributed by atoms with van der Waals surface area (Å²) in [5, 5.41) is 10.5. The normalized spacial score (nSPS) is 15.7. The van der Waals surface area contributed by atoms with Gasteiger partial charge in [0.1, 0.15) is 11.5 Å². The molecule has 32 heavy (non-hydrogen) atoms. The van der Waals surface area contributed by atoms with Gasteiger partial charge in [-0.25, -0.2) is 4.79 Å². The Hall–Kier alpha value is -3.00. The van der Waals surface area contributed by atoms with Gasteiger partial charge in [0.2, 0.25) is 5.60 Å². The number of carbonyl (C=O) groups is 1. The maximum atomic E-state index is 11.7. The molecule has 0 atom stereocenters. The molecule has 0 radical (unpaired) electrons. The van der Waals surface area contributed by atoms with Gasteiger partial charge in [-0.05, 0) is 86.4 Å². The van der Waals surface area contributed by atoms with Crippen molar-refractivity contribution in [2.45, 2.75) is 50.5 Å². The summed E-state index contributed by atoms with van der Waals surface area (Å²) in [4.78, 5) is 14.9. The first-order valence-electron chi connectivity index (χ1n) is 10.7. The molecule has 1 aromatic heterocycles. The summed E-state index contributed by atoms with van der Waals surface area (Å²) >= 11 is 0. The van der Waals surface area contributed by atoms with E-state index < -0.39 is 21.7 Å². The summed E-state index contributed by atoms with van der Waals surface area (Å²) in [6.45, 7) is 0. The van der Waals surface area contributed by atoms with Gasteiger partial charge in [-0.3, -0.25) is 0 Å². The number of aryl methyl sites for hydroxylation is 2. The monoisotopic (exact) mass is 457 g/mol. The van der Waals surface area contributed by atoms with Crippen molar-refractivity contribution in [3.63, 3.8) is 0 Å². The molecule has 0 saturated heterocycles. The first-order valence-corrected chi connectivity index (χ1v) is 12.6. The fourth-order valence-corrected chi connectivity index (χ4v) is 4.78. The molecule has 7 nitrogen and oxygen atoms in total. The first kappa shape index (κ1) is 22.2. The number of hydrogen-bond acceptors (Lipinski definition) is 5. The van der Waals surface area contributed by atoms with Crippen LogP contribution in [0.2, 0.25) is 0 Å². The number of H-pyrrole nitrogens is 1. The molecule has 1 aliphatic rings. The average molecular weight is 458 g/mol. The highest BCUT2D eigenvalue weighted by Crippen LogP contribution is 2.35. The zero-order chi connectivity index (χ0) is 22.8. The Kier molecular flexibility index (Phi) is 6.15. The Morgan fingerprint density at radius 3 is 2.41 bits per heavy atom. The number of hydrogen-bond donors (Lipinski definition) is 2. The molecule has 0 aliphatic heterocycles. The van der Waals surface area contributed by atoms with Crippen molar-refractivity contribution >= 4 is 27.0 Å². The largest absolute Gasteiger partial charge is 0.478 e. The van der Waals surface area contributed by atoms with Crippen LogP contribution in [0.3, 0.4) is 0 Å². The summed E-state index contributed by atoms with van der Waals surface area (Å²) < 4.78 is 33.7. The van der Waals surface area contributed by atoms with Gasteiger partial charge in [0, 0.05) is 17.1 Å². The number of aromatic nitrogens is 1. The standard InChI is InChI=1S/C24H27NO6S/c1-32(28,29)31-20-11-12-22-21(15-20)18(16-25-22)6-4-5-17-7-9-19(10-8-17)30-24(23(26)27)13-2-3-14-24/h7-12,15-16,25H,2-6,13-14H2,1H3,(H,26,27). The third-order valence-electron chi connectivity index (χ3n) is 5.94. The zero-order valence-corrected chi connectivity index (χ0v) is 18.8. The van der Waals surface area contributed by atoms with Crippen LogP contribution in [0.1, 0.15) is 43.2 Å². The molecule has 170 valence electrons. The minimum absolute atomic E-state index is 0.304. The zero-order valence-electron chi connectivity index (χ0n) is 18.0. The van der Waals surface area contributed by atoms with Crippen molar-refractivity contribution in [1.29, 1.82) is 0 Å². The Morgan fingerprint density at radius 1 is 1.06 bits per heavy atom. The van der Waals surface area contributed by atoms with Crippen LogP contribution in [-0.4, -0.2) is 36.3 Å². The van der Waals surface area contributed by atoms with Crippen molar-refractivity contribution in [3.8, 4) is 11.5 Å². The van der Waals surface area contributed by atoms with Gasteiger partial charge in [0.05, 0.1) is 6.26 Å². The van der Waals surface area contributed by atoms with Gasteiger partial charge in [-0.15, -0.1) is 0 Å². The summed E-state index contributed by atoms with van der Waals surface area (Å²) in [6.07, 6.45) is 8.40. The molecule has 8 heteroatoms. The van der Waals surface area contributed by atoms with E-state index in [1.165, 1.54) is 0 Å². The van der Waals surface area contributed by atoms with E-state index in [0.717, 1.165) is 60.4 Å². The molecule has 0 amide bonds. The van der Waals surface area contributed by atoms with Gasteiger partial charge in [-0.2, -0.15) is 8.42 Å². The first-order chi connectivity index (χ1) is 15.2. The minimum atomic E-state index is -3.57. The van der Waals surface area contributed by atoms with Gasteiger partial charge in [0.25, 0.3) is 0 Å². The highest BCUT2D eigenvalue weighted by molar-refractivity contribution is 7.86. The van der Waals surface area contributed by atoms with Crippen molar-refractivity contribution in [2.24, 2.45) is 0 Å². The third kappa shape index (κ3) is 5.07. The fraction of sp³-hybridized carbons (Fsp3) is 0.375. The Balaban J connectivity index is 1.37. The van der Waals surface area contributed by atoms with E-state index in [1.54, 1.807) is 12.1 Å². The van der Waals surface area contributed by atoms with Crippen LogP contribution in [0, 0.1) is 0 Å². The Bertz CT molecular complexity index is 1210. The van der Waals surface area contributed by atoms with E-state index in [4.69, 9.17) is 8.92 Å². The lowest BCUT2D eigenvalue weighted by atomic mass is 10.0. The molecule has 0 unspecified atom stereocenters. The van der Waals surface area contributed by atoms with E-state index in [2.05, 4.69) is 4.98 Å². The van der Waals surface area contributed by atoms with Crippen molar-refractivity contribution in [1.82, 2.24) is 4.98 Å². The van der Waals surface area contributed by atoms with Crippen LogP contribution < -0.4 is 8.92 Å². The number of ether oxygens (including phenoxy) is 1. The van der Waals surface area contributed by atoms with Gasteiger partial charge < -0.3 is 19.0 Å². The highest BCUT2D eigenvalue weighted by Gasteiger charge is 2.43. The average Bonchev–Trinajstić information content (AvgIpc) is 3.36. The van der Waals surface area contributed by atoms with Gasteiger partial charge in [0.15, 0.2) is 0 Å². The number of benzene rings is 2. The lowest BCUT2D eigenvalue weighted by Crippen LogP contribution is -2.41. The number of fused-ring (bicyclic) bond motifs is 1. The molecule has 2 N–H and O–H groups in total. The molecule has 1 heterocycles. The van der Waals surface area contributed by atoms with Crippen LogP contribution in [0.5, 0.6) is 11.5 Å². The SMILES string of the molecule is CS(=O)(=O)Oc1ccc2[nH]cc(CCCc3ccc(OC4(C(=O)O)CCCC4)cc3)c2c1. The molecule has 0 bridgehead atoms. The predicted octanol–water partition coefficient (Wildman–Crippen LogP) is 4.46. The molecule has 2 aromatic carbocycles. The van der Waals surface area contributed by atoms with E-state index in [0.29, 0.717) is 24.3 Å². The quantitative estimate of drug-likeness (QED) is 0.460. The van der Waals surface area contributed by atoms with E-state index >= 15 is 0 Å². The maximum absolute atomic E-state index is 11.7. The molecule has 0 spiro atoms. The lowest BCUT2D eigenvalue weighted by molar-refractivity contribution is -0.154. The lowest BCUT2D eigenvalue weighted by Gasteiger charge is -2.25. The second-order valence-electron chi connectivity index (χ2n) is 8.41. The smallest absolute Gasteiger partial charge is 0.348 e. The minimum Gasteiger partial charge on any atom is -0.478 e. The molecule has 3 aromatic rings. The Labute approximate surface area is 187 Å². The number of aliphatic carboxylic acids is 1. The van der Waals surface area contributed by atoms with Crippen molar-refractivity contribution < 1.29 is 27.2 Å². The summed E-state index contributed by atoms with van der Waals surface area (Å²) in [7, 11) is -3.57. The molecule has 1 saturated carbocycles. The fourth-order valence-electron chi connectivity index (χ4n) is 4.33. The number of carboxylic acids is 1. The number of carboxylic acid groups (broad SMARTS) is 1. The summed E-state index contributed by atoms with van der Waals surface area (Å²) in [6, 6.07) is 12.8.